The maximum Gasteiger partial charge on any atom is 0.223 e. The minimum absolute atomic E-state index is 0.154. The molecule has 3 rings (SSSR count). The molecule has 0 saturated carbocycles. The van der Waals surface area contributed by atoms with Gasteiger partial charge in [-0.1, -0.05) is 15.9 Å². The number of benzene rings is 1. The second-order valence-electron chi connectivity index (χ2n) is 6.44. The zero-order chi connectivity index (χ0) is 15.0. The Morgan fingerprint density at radius 3 is 2.67 bits per heavy atom. The third-order valence-corrected chi connectivity index (χ3v) is 5.61. The van der Waals surface area contributed by atoms with Gasteiger partial charge in [-0.3, -0.25) is 4.79 Å². The fourth-order valence-electron chi connectivity index (χ4n) is 3.51. The molecule has 1 amide bonds. The van der Waals surface area contributed by atoms with E-state index in [0.717, 1.165) is 31.0 Å². The highest BCUT2D eigenvalue weighted by molar-refractivity contribution is 9.10. The number of carbonyl (C=O) groups excluding carboxylic acids is 1. The molecular weight excluding hydrogens is 328 g/mol. The van der Waals surface area contributed by atoms with Gasteiger partial charge in [-0.2, -0.15) is 0 Å². The van der Waals surface area contributed by atoms with Crippen LogP contribution in [0.3, 0.4) is 0 Å². The zero-order valence-corrected chi connectivity index (χ0v) is 14.4. The Labute approximate surface area is 135 Å². The zero-order valence-electron chi connectivity index (χ0n) is 12.9. The minimum Gasteiger partial charge on any atom is -0.312 e. The molecule has 0 radical (unpaired) electrons. The van der Waals surface area contributed by atoms with Crippen LogP contribution in [0.25, 0.3) is 0 Å². The average Bonchev–Trinajstić information content (AvgIpc) is 2.84. The van der Waals surface area contributed by atoms with Crippen molar-refractivity contribution in [3.63, 3.8) is 0 Å². The Balaban J connectivity index is 1.80. The molecule has 2 heterocycles. The van der Waals surface area contributed by atoms with Crippen molar-refractivity contribution in [2.75, 3.05) is 31.6 Å². The number of anilines is 1. The fourth-order valence-corrected chi connectivity index (χ4v) is 4.06. The summed E-state index contributed by atoms with van der Waals surface area (Å²) in [5.74, 6) is 0.920. The first-order chi connectivity index (χ1) is 10.0. The third-order valence-electron chi connectivity index (χ3n) is 4.87. The number of nitrogens with zero attached hydrogens (tertiary/aromatic N) is 2. The maximum atomic E-state index is 11.7. The van der Waals surface area contributed by atoms with E-state index in [1.54, 1.807) is 6.92 Å². The smallest absolute Gasteiger partial charge is 0.223 e. The van der Waals surface area contributed by atoms with Crippen molar-refractivity contribution < 1.29 is 4.79 Å². The summed E-state index contributed by atoms with van der Waals surface area (Å²) >= 11 is 3.73. The maximum absolute atomic E-state index is 11.7. The second-order valence-corrected chi connectivity index (χ2v) is 7.30. The van der Waals surface area contributed by atoms with Crippen molar-refractivity contribution in [2.24, 2.45) is 5.92 Å². The molecule has 2 aliphatic rings. The van der Waals surface area contributed by atoms with Crippen LogP contribution >= 0.6 is 15.9 Å². The summed E-state index contributed by atoms with van der Waals surface area (Å²) in [4.78, 5) is 16.1. The van der Waals surface area contributed by atoms with E-state index in [0.29, 0.717) is 0 Å². The van der Waals surface area contributed by atoms with Gasteiger partial charge in [0.1, 0.15) is 0 Å². The number of halogens is 1. The van der Waals surface area contributed by atoms with E-state index in [9.17, 15) is 4.79 Å². The summed E-state index contributed by atoms with van der Waals surface area (Å²) in [7, 11) is 2.20. The number of fused-ring (bicyclic) bond motifs is 1. The lowest BCUT2D eigenvalue weighted by Crippen LogP contribution is -2.31. The average molecular weight is 351 g/mol. The Hall–Kier alpha value is -0.870. The van der Waals surface area contributed by atoms with Crippen LogP contribution in [0.15, 0.2) is 16.6 Å². The Kier molecular flexibility index (Phi) is 4.36. The van der Waals surface area contributed by atoms with Crippen molar-refractivity contribution in [1.29, 1.82) is 0 Å². The summed E-state index contributed by atoms with van der Waals surface area (Å²) in [6, 6.07) is 4.47. The van der Waals surface area contributed by atoms with Crippen LogP contribution in [0.1, 0.15) is 30.9 Å². The molecule has 0 bridgehead atoms. The molecule has 1 aromatic rings. The Morgan fingerprint density at radius 2 is 2.00 bits per heavy atom. The number of piperidine rings is 1. The first kappa shape index (κ1) is 15.0. The van der Waals surface area contributed by atoms with Gasteiger partial charge in [-0.25, -0.2) is 0 Å². The molecule has 1 aromatic carbocycles. The van der Waals surface area contributed by atoms with E-state index in [-0.39, 0.29) is 5.91 Å². The van der Waals surface area contributed by atoms with Gasteiger partial charge in [-0.05, 0) is 75.0 Å². The molecule has 1 fully saturated rings. The standard InChI is InChI=1S/C17H23BrN2O/c1-12(21)20-8-5-14-10-16(18)15(11-17(14)20)9-13-3-6-19(2)7-4-13/h10-11,13H,3-9H2,1-2H3. The molecule has 0 aliphatic carbocycles. The molecule has 1 saturated heterocycles. The van der Waals surface area contributed by atoms with Crippen LogP contribution in [0.4, 0.5) is 5.69 Å². The van der Waals surface area contributed by atoms with Gasteiger partial charge in [0.15, 0.2) is 0 Å². The van der Waals surface area contributed by atoms with Gasteiger partial charge in [0.2, 0.25) is 5.91 Å². The van der Waals surface area contributed by atoms with Gasteiger partial charge >= 0.3 is 0 Å². The summed E-state index contributed by atoms with van der Waals surface area (Å²) < 4.78 is 1.21. The minimum atomic E-state index is 0.154. The van der Waals surface area contributed by atoms with Gasteiger partial charge in [-0.15, -0.1) is 0 Å². The van der Waals surface area contributed by atoms with Crippen molar-refractivity contribution >= 4 is 27.5 Å². The normalized spacial score (nSPS) is 19.9. The van der Waals surface area contributed by atoms with Crippen LogP contribution < -0.4 is 4.90 Å². The molecule has 0 N–H and O–H groups in total. The monoisotopic (exact) mass is 350 g/mol. The highest BCUT2D eigenvalue weighted by atomic mass is 79.9. The van der Waals surface area contributed by atoms with Gasteiger partial charge in [0.05, 0.1) is 0 Å². The van der Waals surface area contributed by atoms with Crippen LogP contribution in [0, 0.1) is 5.92 Å². The highest BCUT2D eigenvalue weighted by Crippen LogP contribution is 2.35. The van der Waals surface area contributed by atoms with Crippen molar-refractivity contribution in [3.05, 3.63) is 27.7 Å². The van der Waals surface area contributed by atoms with Gasteiger partial charge in [0.25, 0.3) is 0 Å². The van der Waals surface area contributed by atoms with E-state index in [1.807, 2.05) is 4.90 Å². The molecule has 4 heteroatoms. The summed E-state index contributed by atoms with van der Waals surface area (Å²) in [5.41, 5.74) is 3.79. The number of likely N-dealkylation sites (tertiary alicyclic amines) is 1. The number of carbonyl (C=O) groups is 1. The van der Waals surface area contributed by atoms with Gasteiger partial charge in [0, 0.05) is 23.6 Å². The molecule has 0 atom stereocenters. The molecule has 3 nitrogen and oxygen atoms in total. The summed E-state index contributed by atoms with van der Waals surface area (Å²) in [6.07, 6.45) is 4.64. The lowest BCUT2D eigenvalue weighted by atomic mass is 9.90. The topological polar surface area (TPSA) is 23.6 Å². The van der Waals surface area contributed by atoms with Crippen molar-refractivity contribution in [2.45, 2.75) is 32.6 Å². The number of hydrogen-bond acceptors (Lipinski definition) is 2. The first-order valence-corrected chi connectivity index (χ1v) is 8.62. The Morgan fingerprint density at radius 1 is 1.29 bits per heavy atom. The van der Waals surface area contributed by atoms with Crippen LogP contribution in [0.2, 0.25) is 0 Å². The quantitative estimate of drug-likeness (QED) is 0.817. The molecule has 0 spiro atoms. The number of amides is 1. The van der Waals surface area contributed by atoms with Crippen molar-refractivity contribution in [1.82, 2.24) is 4.90 Å². The Bertz CT molecular complexity index is 550. The lowest BCUT2D eigenvalue weighted by Gasteiger charge is -2.29. The van der Waals surface area contributed by atoms with Gasteiger partial charge < -0.3 is 9.80 Å². The highest BCUT2D eigenvalue weighted by Gasteiger charge is 2.25. The van der Waals surface area contributed by atoms with E-state index in [2.05, 4.69) is 40.0 Å². The third kappa shape index (κ3) is 3.16. The number of rotatable bonds is 2. The van der Waals surface area contributed by atoms with Crippen molar-refractivity contribution in [3.8, 4) is 0 Å². The molecule has 21 heavy (non-hydrogen) atoms. The van der Waals surface area contributed by atoms with Crippen LogP contribution in [-0.4, -0.2) is 37.5 Å². The summed E-state index contributed by atoms with van der Waals surface area (Å²) in [5, 5.41) is 0. The molecule has 0 unspecified atom stereocenters. The van der Waals surface area contributed by atoms with Crippen LogP contribution in [0.5, 0.6) is 0 Å². The van der Waals surface area contributed by atoms with E-state index in [1.165, 1.54) is 41.5 Å². The van der Waals surface area contributed by atoms with E-state index >= 15 is 0 Å². The number of hydrogen-bond donors (Lipinski definition) is 0. The predicted octanol–water partition coefficient (Wildman–Crippen LogP) is 3.24. The molecular formula is C17H23BrN2O. The summed E-state index contributed by atoms with van der Waals surface area (Å²) in [6.45, 7) is 4.89. The van der Waals surface area contributed by atoms with E-state index in [4.69, 9.17) is 0 Å². The molecule has 2 aliphatic heterocycles. The predicted molar refractivity (Wildman–Crippen MR) is 89.8 cm³/mol. The SMILES string of the molecule is CC(=O)N1CCc2cc(Br)c(CC3CCN(C)CC3)cc21. The molecule has 114 valence electrons. The first-order valence-electron chi connectivity index (χ1n) is 7.82. The lowest BCUT2D eigenvalue weighted by molar-refractivity contribution is -0.116. The second kappa shape index (κ2) is 6.09. The largest absolute Gasteiger partial charge is 0.312 e. The van der Waals surface area contributed by atoms with Crippen LogP contribution in [-0.2, 0) is 17.6 Å². The fraction of sp³-hybridized carbons (Fsp3) is 0.588. The van der Waals surface area contributed by atoms with E-state index < -0.39 is 0 Å². The molecule has 0 aromatic heterocycles.